The molecule has 7 heteroatoms. The molecule has 0 aliphatic carbocycles. The van der Waals surface area contributed by atoms with Gasteiger partial charge in [0, 0.05) is 5.56 Å². The second kappa shape index (κ2) is 5.49. The monoisotopic (exact) mass is 335 g/mol. The van der Waals surface area contributed by atoms with Gasteiger partial charge in [0.15, 0.2) is 5.69 Å². The van der Waals surface area contributed by atoms with E-state index in [-0.39, 0.29) is 4.88 Å². The predicted octanol–water partition coefficient (Wildman–Crippen LogP) is 4.32. The van der Waals surface area contributed by atoms with Crippen molar-refractivity contribution in [3.8, 4) is 0 Å². The third-order valence-electron chi connectivity index (χ3n) is 3.83. The van der Waals surface area contributed by atoms with E-state index in [1.54, 1.807) is 0 Å². The number of para-hydroxylation sites is 1. The van der Waals surface area contributed by atoms with Crippen molar-refractivity contribution in [2.45, 2.75) is 32.7 Å². The summed E-state index contributed by atoms with van der Waals surface area (Å²) in [5.74, 6) is -0.503. The molecule has 0 fully saturated rings. The maximum absolute atomic E-state index is 13.1. The van der Waals surface area contributed by atoms with Crippen LogP contribution in [0.25, 0.3) is 5.57 Å². The summed E-state index contributed by atoms with van der Waals surface area (Å²) in [7, 11) is 0. The van der Waals surface area contributed by atoms with Crippen molar-refractivity contribution in [1.29, 1.82) is 0 Å². The van der Waals surface area contributed by atoms with Crippen molar-refractivity contribution in [3.05, 3.63) is 46.5 Å². The van der Waals surface area contributed by atoms with Crippen molar-refractivity contribution < 1.29 is 13.6 Å². The average molecular weight is 335 g/mol. The number of rotatable bonds is 2. The fourth-order valence-corrected chi connectivity index (χ4v) is 3.55. The van der Waals surface area contributed by atoms with Gasteiger partial charge in [-0.05, 0) is 43.9 Å². The molecule has 1 aromatic heterocycles. The minimum absolute atomic E-state index is 0.115. The highest BCUT2D eigenvalue weighted by molar-refractivity contribution is 7.08. The van der Waals surface area contributed by atoms with Crippen LogP contribution >= 0.6 is 11.5 Å². The topological polar surface area (TPSA) is 46.1 Å². The molecule has 0 radical (unpaired) electrons. The number of anilines is 1. The lowest BCUT2D eigenvalue weighted by atomic mass is 9.88. The van der Waals surface area contributed by atoms with E-state index in [4.69, 9.17) is 0 Å². The summed E-state index contributed by atoms with van der Waals surface area (Å²) in [5.41, 5.74) is 1.47. The number of fused-ring (bicyclic) bond motifs is 1. The number of carbonyl (C=O) groups is 1. The summed E-state index contributed by atoms with van der Waals surface area (Å²) in [5, 5.41) is 3.41. The first-order valence-corrected chi connectivity index (χ1v) is 7.84. The second-order valence-corrected chi connectivity index (χ2v) is 6.68. The molecule has 1 aliphatic rings. The van der Waals surface area contributed by atoms with Crippen molar-refractivity contribution in [1.82, 2.24) is 9.59 Å². The number of carbonyl (C=O) groups excluding carboxylic acids is 1. The fraction of sp³-hybridized carbons (Fsp3) is 0.312. The zero-order valence-electron chi connectivity index (χ0n) is 12.9. The van der Waals surface area contributed by atoms with Gasteiger partial charge in [-0.15, -0.1) is 5.10 Å². The number of benzene rings is 1. The number of amides is 1. The van der Waals surface area contributed by atoms with Gasteiger partial charge in [0.05, 0.1) is 11.2 Å². The Bertz CT molecular complexity index is 798. The first-order chi connectivity index (χ1) is 10.8. The van der Waals surface area contributed by atoms with Gasteiger partial charge in [0.25, 0.3) is 12.3 Å². The zero-order valence-corrected chi connectivity index (χ0v) is 13.7. The van der Waals surface area contributed by atoms with E-state index in [1.807, 2.05) is 51.1 Å². The number of nitrogens with zero attached hydrogens (tertiary/aromatic N) is 3. The molecule has 120 valence electrons. The summed E-state index contributed by atoms with van der Waals surface area (Å²) in [6.45, 7) is 5.73. The van der Waals surface area contributed by atoms with Crippen LogP contribution in [0.2, 0.25) is 0 Å². The lowest BCUT2D eigenvalue weighted by Gasteiger charge is -2.41. The molecule has 0 saturated carbocycles. The van der Waals surface area contributed by atoms with Crippen LogP contribution in [-0.4, -0.2) is 21.0 Å². The molecule has 2 heterocycles. The van der Waals surface area contributed by atoms with E-state index >= 15 is 0 Å². The number of aromatic nitrogens is 2. The third-order valence-corrected chi connectivity index (χ3v) is 4.56. The maximum atomic E-state index is 13.1. The molecule has 1 aromatic carbocycles. The van der Waals surface area contributed by atoms with Crippen LogP contribution < -0.4 is 4.90 Å². The average Bonchev–Trinajstić information content (AvgIpc) is 2.95. The molecule has 0 spiro atoms. The lowest BCUT2D eigenvalue weighted by Crippen LogP contribution is -2.49. The van der Waals surface area contributed by atoms with E-state index in [9.17, 15) is 13.6 Å². The van der Waals surface area contributed by atoms with Gasteiger partial charge in [-0.25, -0.2) is 8.78 Å². The highest BCUT2D eigenvalue weighted by Gasteiger charge is 2.38. The van der Waals surface area contributed by atoms with Crippen LogP contribution in [0, 0.1) is 0 Å². The molecule has 0 unspecified atom stereocenters. The van der Waals surface area contributed by atoms with E-state index in [0.29, 0.717) is 17.2 Å². The molecule has 0 N–H and O–H groups in total. The minimum atomic E-state index is -2.83. The zero-order chi connectivity index (χ0) is 16.8. The predicted molar refractivity (Wildman–Crippen MR) is 85.8 cm³/mol. The van der Waals surface area contributed by atoms with Crippen molar-refractivity contribution in [2.24, 2.45) is 0 Å². The Morgan fingerprint density at radius 3 is 2.70 bits per heavy atom. The quantitative estimate of drug-likeness (QED) is 0.821. The lowest BCUT2D eigenvalue weighted by molar-refractivity contribution is 0.0959. The van der Waals surface area contributed by atoms with E-state index in [0.717, 1.165) is 11.1 Å². The highest BCUT2D eigenvalue weighted by Crippen LogP contribution is 2.40. The fourth-order valence-electron chi connectivity index (χ4n) is 2.95. The molecule has 0 bridgehead atoms. The van der Waals surface area contributed by atoms with Gasteiger partial charge >= 0.3 is 0 Å². The standard InChI is InChI=1S/C16H15F2N3OS/c1-9-8-16(2,3)21(11-7-5-4-6-10(9)11)15(22)13-12(14(17)18)19-20-23-13/h4-8,14H,1-3H3. The number of halogens is 2. The molecular formula is C16H15F2N3OS. The number of hydrogen-bond donors (Lipinski definition) is 0. The second-order valence-electron chi connectivity index (χ2n) is 5.93. The Morgan fingerprint density at radius 2 is 2.00 bits per heavy atom. The van der Waals surface area contributed by atoms with E-state index in [2.05, 4.69) is 9.59 Å². The Labute approximate surface area is 136 Å². The van der Waals surface area contributed by atoms with Crippen LogP contribution in [0.5, 0.6) is 0 Å². The summed E-state index contributed by atoms with van der Waals surface area (Å²) < 4.78 is 29.6. The minimum Gasteiger partial charge on any atom is -0.298 e. The van der Waals surface area contributed by atoms with Crippen LogP contribution in [-0.2, 0) is 0 Å². The first kappa shape index (κ1) is 15.7. The Kier molecular flexibility index (Phi) is 3.75. The van der Waals surface area contributed by atoms with Gasteiger partial charge in [-0.1, -0.05) is 28.8 Å². The summed E-state index contributed by atoms with van der Waals surface area (Å²) in [6.07, 6.45) is -0.864. The molecule has 0 atom stereocenters. The van der Waals surface area contributed by atoms with Crippen molar-refractivity contribution in [3.63, 3.8) is 0 Å². The number of hydrogen-bond acceptors (Lipinski definition) is 4. The smallest absolute Gasteiger partial charge is 0.283 e. The van der Waals surface area contributed by atoms with Crippen LogP contribution in [0.4, 0.5) is 14.5 Å². The van der Waals surface area contributed by atoms with Crippen LogP contribution in [0.3, 0.4) is 0 Å². The Hall–Kier alpha value is -2.15. The SMILES string of the molecule is CC1=CC(C)(C)N(C(=O)c2snnc2C(F)F)c2ccccc21. The molecule has 0 saturated heterocycles. The van der Waals surface area contributed by atoms with E-state index in [1.165, 1.54) is 4.90 Å². The van der Waals surface area contributed by atoms with Gasteiger partial charge < -0.3 is 0 Å². The third kappa shape index (κ3) is 2.55. The first-order valence-electron chi connectivity index (χ1n) is 7.07. The van der Waals surface area contributed by atoms with Crippen LogP contribution in [0.1, 0.15) is 48.1 Å². The van der Waals surface area contributed by atoms with Gasteiger partial charge in [-0.3, -0.25) is 9.69 Å². The highest BCUT2D eigenvalue weighted by atomic mass is 32.1. The van der Waals surface area contributed by atoms with Gasteiger partial charge in [-0.2, -0.15) is 0 Å². The largest absolute Gasteiger partial charge is 0.298 e. The number of allylic oxidation sites excluding steroid dienone is 1. The molecule has 2 aromatic rings. The molecule has 1 amide bonds. The normalized spacial score (nSPS) is 16.3. The summed E-state index contributed by atoms with van der Waals surface area (Å²) in [6, 6.07) is 7.44. The molecule has 1 aliphatic heterocycles. The molecule has 3 rings (SSSR count). The van der Waals surface area contributed by atoms with Gasteiger partial charge in [0.2, 0.25) is 0 Å². The Morgan fingerprint density at radius 1 is 1.30 bits per heavy atom. The van der Waals surface area contributed by atoms with Crippen LogP contribution in [0.15, 0.2) is 30.3 Å². The Balaban J connectivity index is 2.14. The maximum Gasteiger partial charge on any atom is 0.283 e. The van der Waals surface area contributed by atoms with Crippen molar-refractivity contribution in [2.75, 3.05) is 4.90 Å². The van der Waals surface area contributed by atoms with E-state index < -0.39 is 23.6 Å². The number of alkyl halides is 2. The summed E-state index contributed by atoms with van der Waals surface area (Å²) >= 11 is 0.703. The van der Waals surface area contributed by atoms with Gasteiger partial charge in [0.1, 0.15) is 4.88 Å². The molecule has 23 heavy (non-hydrogen) atoms. The summed E-state index contributed by atoms with van der Waals surface area (Å²) in [4.78, 5) is 14.4. The molecular weight excluding hydrogens is 320 g/mol. The molecule has 4 nitrogen and oxygen atoms in total. The van der Waals surface area contributed by atoms with Crippen molar-refractivity contribution >= 4 is 28.7 Å².